The van der Waals surface area contributed by atoms with Crippen molar-refractivity contribution in [2.45, 2.75) is 19.1 Å². The van der Waals surface area contributed by atoms with Crippen LogP contribution in [-0.2, 0) is 12.1 Å². The summed E-state index contributed by atoms with van der Waals surface area (Å²) in [6, 6.07) is 21.0. The maximum absolute atomic E-state index is 14.5. The van der Waals surface area contributed by atoms with E-state index in [1.54, 1.807) is 24.5 Å². The van der Waals surface area contributed by atoms with Crippen molar-refractivity contribution in [3.63, 3.8) is 0 Å². The van der Waals surface area contributed by atoms with E-state index in [-0.39, 0.29) is 6.61 Å². The molecule has 2 aromatic heterocycles. The van der Waals surface area contributed by atoms with Crippen LogP contribution in [0.3, 0.4) is 0 Å². The average Bonchev–Trinajstić information content (AvgIpc) is 3.41. The van der Waals surface area contributed by atoms with Gasteiger partial charge in [0.1, 0.15) is 12.3 Å². The van der Waals surface area contributed by atoms with Gasteiger partial charge in [-0.2, -0.15) is 5.10 Å². The van der Waals surface area contributed by atoms with Crippen molar-refractivity contribution in [3.05, 3.63) is 95.8 Å². The van der Waals surface area contributed by atoms with Crippen molar-refractivity contribution in [3.8, 4) is 5.69 Å². The van der Waals surface area contributed by atoms with E-state index in [1.807, 2.05) is 70.8 Å². The highest BCUT2D eigenvalue weighted by Gasteiger charge is 2.35. The molecule has 0 amide bonds. The van der Waals surface area contributed by atoms with Crippen molar-refractivity contribution < 1.29 is 14.6 Å². The number of para-hydroxylation sites is 1. The maximum atomic E-state index is 14.5. The molecule has 0 bridgehead atoms. The molecule has 3 aromatic carbocycles. The zero-order valence-electron chi connectivity index (χ0n) is 17.7. The number of aryl methyl sites for hydroxylation is 1. The first-order chi connectivity index (χ1) is 15.5. The second-order valence-corrected chi connectivity index (χ2v) is 8.14. The standard InChI is InChI=1S/C26H24FN3O2/c1-18-6-9-21(10-7-18)30-24-11-8-20(14-19(24)15-28-30)26(32,17-27)23-16-29(12-13-31)25-5-3-2-4-22(23)25/h2-11,14-16,31-32H,12-13,17H2,1H3. The number of alkyl halides is 1. The number of hydrogen-bond acceptors (Lipinski definition) is 3. The maximum Gasteiger partial charge on any atom is 0.145 e. The number of benzene rings is 3. The van der Waals surface area contributed by atoms with Gasteiger partial charge in [-0.1, -0.05) is 42.0 Å². The Labute approximate surface area is 185 Å². The molecule has 162 valence electrons. The number of halogens is 1. The Hall–Kier alpha value is -3.48. The van der Waals surface area contributed by atoms with Gasteiger partial charge in [-0.05, 0) is 42.8 Å². The lowest BCUT2D eigenvalue weighted by Crippen LogP contribution is -2.29. The van der Waals surface area contributed by atoms with E-state index in [2.05, 4.69) is 5.10 Å². The summed E-state index contributed by atoms with van der Waals surface area (Å²) in [5.41, 5.74) is 2.95. The fourth-order valence-corrected chi connectivity index (χ4v) is 4.36. The van der Waals surface area contributed by atoms with Crippen LogP contribution in [0.1, 0.15) is 16.7 Å². The third kappa shape index (κ3) is 3.20. The summed E-state index contributed by atoms with van der Waals surface area (Å²) < 4.78 is 18.2. The van der Waals surface area contributed by atoms with Crippen LogP contribution in [0.5, 0.6) is 0 Å². The normalized spacial score (nSPS) is 13.6. The van der Waals surface area contributed by atoms with Gasteiger partial charge in [-0.15, -0.1) is 0 Å². The Balaban J connectivity index is 1.63. The zero-order valence-corrected chi connectivity index (χ0v) is 17.7. The lowest BCUT2D eigenvalue weighted by Gasteiger charge is -2.25. The predicted molar refractivity (Wildman–Crippen MR) is 124 cm³/mol. The molecule has 2 heterocycles. The Morgan fingerprint density at radius 1 is 1.00 bits per heavy atom. The molecule has 2 N–H and O–H groups in total. The second kappa shape index (κ2) is 7.89. The molecule has 0 radical (unpaired) electrons. The summed E-state index contributed by atoms with van der Waals surface area (Å²) in [5, 5.41) is 27.1. The molecule has 0 fully saturated rings. The van der Waals surface area contributed by atoms with Gasteiger partial charge < -0.3 is 14.8 Å². The van der Waals surface area contributed by atoms with E-state index in [9.17, 15) is 14.6 Å². The molecular formula is C26H24FN3O2. The summed E-state index contributed by atoms with van der Waals surface area (Å²) in [6.07, 6.45) is 3.47. The number of fused-ring (bicyclic) bond motifs is 2. The van der Waals surface area contributed by atoms with Gasteiger partial charge >= 0.3 is 0 Å². The van der Waals surface area contributed by atoms with Crippen molar-refractivity contribution in [1.29, 1.82) is 0 Å². The average molecular weight is 429 g/mol. The fraction of sp³-hybridized carbons (Fsp3) is 0.192. The molecule has 5 nitrogen and oxygen atoms in total. The highest BCUT2D eigenvalue weighted by molar-refractivity contribution is 5.86. The molecular weight excluding hydrogens is 405 g/mol. The van der Waals surface area contributed by atoms with Crippen molar-refractivity contribution in [2.24, 2.45) is 0 Å². The molecule has 0 aliphatic heterocycles. The molecule has 0 saturated heterocycles. The molecule has 0 aliphatic rings. The van der Waals surface area contributed by atoms with Crippen LogP contribution in [0.25, 0.3) is 27.5 Å². The van der Waals surface area contributed by atoms with Gasteiger partial charge in [-0.25, -0.2) is 9.07 Å². The molecule has 32 heavy (non-hydrogen) atoms. The summed E-state index contributed by atoms with van der Waals surface area (Å²) in [7, 11) is 0. The summed E-state index contributed by atoms with van der Waals surface area (Å²) >= 11 is 0. The van der Waals surface area contributed by atoms with Gasteiger partial charge in [-0.3, -0.25) is 0 Å². The van der Waals surface area contributed by atoms with E-state index in [0.29, 0.717) is 17.7 Å². The third-order valence-electron chi connectivity index (χ3n) is 6.09. The largest absolute Gasteiger partial charge is 0.395 e. The van der Waals surface area contributed by atoms with Crippen LogP contribution in [0.15, 0.2) is 79.1 Å². The van der Waals surface area contributed by atoms with Gasteiger partial charge in [0.05, 0.1) is 24.0 Å². The van der Waals surface area contributed by atoms with Gasteiger partial charge in [0.15, 0.2) is 0 Å². The van der Waals surface area contributed by atoms with E-state index < -0.39 is 12.3 Å². The lowest BCUT2D eigenvalue weighted by atomic mass is 9.86. The molecule has 5 rings (SSSR count). The first-order valence-corrected chi connectivity index (χ1v) is 10.6. The van der Waals surface area contributed by atoms with Gasteiger partial charge in [0.25, 0.3) is 0 Å². The van der Waals surface area contributed by atoms with Gasteiger partial charge in [0.2, 0.25) is 0 Å². The number of nitrogens with zero attached hydrogens (tertiary/aromatic N) is 3. The lowest BCUT2D eigenvalue weighted by molar-refractivity contribution is 0.0531. The van der Waals surface area contributed by atoms with Crippen molar-refractivity contribution in [2.75, 3.05) is 13.3 Å². The smallest absolute Gasteiger partial charge is 0.145 e. The topological polar surface area (TPSA) is 63.2 Å². The summed E-state index contributed by atoms with van der Waals surface area (Å²) in [5.74, 6) is 0. The Kier molecular flexibility index (Phi) is 5.04. The van der Waals surface area contributed by atoms with E-state index in [4.69, 9.17) is 0 Å². The molecule has 0 spiro atoms. The highest BCUT2D eigenvalue weighted by Crippen LogP contribution is 2.37. The Bertz CT molecular complexity index is 1400. The fourth-order valence-electron chi connectivity index (χ4n) is 4.36. The first kappa shape index (κ1) is 20.4. The monoisotopic (exact) mass is 429 g/mol. The Morgan fingerprint density at radius 2 is 1.78 bits per heavy atom. The molecule has 0 saturated carbocycles. The molecule has 5 aromatic rings. The van der Waals surface area contributed by atoms with E-state index >= 15 is 0 Å². The highest BCUT2D eigenvalue weighted by atomic mass is 19.1. The molecule has 0 aliphatic carbocycles. The minimum Gasteiger partial charge on any atom is -0.395 e. The van der Waals surface area contributed by atoms with Crippen LogP contribution in [0.4, 0.5) is 4.39 Å². The third-order valence-corrected chi connectivity index (χ3v) is 6.09. The van der Waals surface area contributed by atoms with Crippen LogP contribution in [-0.4, -0.2) is 37.8 Å². The van der Waals surface area contributed by atoms with Crippen LogP contribution < -0.4 is 0 Å². The number of aliphatic hydroxyl groups excluding tert-OH is 1. The molecule has 1 atom stereocenters. The van der Waals surface area contributed by atoms with Gasteiger partial charge in [0, 0.05) is 34.6 Å². The molecule has 1 unspecified atom stereocenters. The summed E-state index contributed by atoms with van der Waals surface area (Å²) in [6.45, 7) is 1.38. The molecule has 6 heteroatoms. The van der Waals surface area contributed by atoms with Crippen LogP contribution in [0, 0.1) is 6.92 Å². The van der Waals surface area contributed by atoms with Crippen LogP contribution >= 0.6 is 0 Å². The second-order valence-electron chi connectivity index (χ2n) is 8.14. The quantitative estimate of drug-likeness (QED) is 0.418. The minimum absolute atomic E-state index is 0.0453. The minimum atomic E-state index is -1.82. The Morgan fingerprint density at radius 3 is 2.53 bits per heavy atom. The number of rotatable bonds is 6. The van der Waals surface area contributed by atoms with E-state index in [1.165, 1.54) is 5.56 Å². The number of aromatic nitrogens is 3. The zero-order chi connectivity index (χ0) is 22.3. The van der Waals surface area contributed by atoms with Crippen LogP contribution in [0.2, 0.25) is 0 Å². The van der Waals surface area contributed by atoms with E-state index in [0.717, 1.165) is 27.5 Å². The number of aliphatic hydroxyl groups is 2. The van der Waals surface area contributed by atoms with Crippen molar-refractivity contribution in [1.82, 2.24) is 14.3 Å². The van der Waals surface area contributed by atoms with Crippen molar-refractivity contribution >= 4 is 21.8 Å². The number of hydrogen-bond donors (Lipinski definition) is 2. The summed E-state index contributed by atoms with van der Waals surface area (Å²) in [4.78, 5) is 0. The first-order valence-electron chi connectivity index (χ1n) is 10.6. The SMILES string of the molecule is Cc1ccc(-n2ncc3cc(C(O)(CF)c4cn(CCO)c5ccccc45)ccc32)cc1. The predicted octanol–water partition coefficient (Wildman–Crippen LogP) is 4.49.